The first-order valence-corrected chi connectivity index (χ1v) is 10.1. The summed E-state index contributed by atoms with van der Waals surface area (Å²) >= 11 is 1.04. The number of halogens is 2. The molecule has 2 rings (SSSR count). The molecule has 0 saturated heterocycles. The van der Waals surface area contributed by atoms with E-state index in [0.29, 0.717) is 19.4 Å². The fourth-order valence-corrected chi connectivity index (χ4v) is 3.72. The summed E-state index contributed by atoms with van der Waals surface area (Å²) in [6.45, 7) is 7.55. The lowest BCUT2D eigenvalue weighted by Gasteiger charge is -2.23. The molecule has 0 radical (unpaired) electrons. The zero-order chi connectivity index (χ0) is 22.1. The Morgan fingerprint density at radius 1 is 1.07 bits per heavy atom. The molecule has 0 amide bonds. The average Bonchev–Trinajstić information content (AvgIpc) is 2.74. The van der Waals surface area contributed by atoms with Gasteiger partial charge in [-0.25, -0.2) is 13.1 Å². The number of aldehydes is 1. The summed E-state index contributed by atoms with van der Waals surface area (Å²) in [7, 11) is 1.60. The molecule has 0 aromatic heterocycles. The molecule has 0 saturated carbocycles. The normalized spacial score (nSPS) is 12.5. The van der Waals surface area contributed by atoms with E-state index in [2.05, 4.69) is 6.58 Å². The van der Waals surface area contributed by atoms with Crippen LogP contribution in [-0.4, -0.2) is 17.7 Å². The van der Waals surface area contributed by atoms with Crippen molar-refractivity contribution in [3.63, 3.8) is 0 Å². The quantitative estimate of drug-likeness (QED) is 0.188. The maximum atomic E-state index is 14.5. The van der Waals surface area contributed by atoms with Crippen LogP contribution >= 0.6 is 11.9 Å². The number of hydrogen-bond donors (Lipinski definition) is 0. The fourth-order valence-electron chi connectivity index (χ4n) is 2.59. The molecule has 0 aliphatic carbocycles. The molecule has 0 N–H and O–H groups in total. The topological polar surface area (TPSA) is 29.5 Å². The van der Waals surface area contributed by atoms with Gasteiger partial charge in [-0.3, -0.25) is 4.79 Å². The molecule has 0 aliphatic heterocycles. The van der Waals surface area contributed by atoms with E-state index in [0.717, 1.165) is 41.3 Å². The van der Waals surface area contributed by atoms with Gasteiger partial charge >= 0.3 is 0 Å². The summed E-state index contributed by atoms with van der Waals surface area (Å²) in [5.74, 6) is -1.22. The minimum atomic E-state index is -1.01. The summed E-state index contributed by atoms with van der Waals surface area (Å²) < 4.78 is 35.2. The number of allylic oxidation sites excluding steroid dienone is 4. The van der Waals surface area contributed by atoms with E-state index < -0.39 is 11.7 Å². The summed E-state index contributed by atoms with van der Waals surface area (Å²) in [4.78, 5) is 11.0. The minimum absolute atomic E-state index is 0.00674. The van der Waals surface area contributed by atoms with Crippen molar-refractivity contribution in [1.82, 2.24) is 4.31 Å². The van der Waals surface area contributed by atoms with Gasteiger partial charge in [0.2, 0.25) is 0 Å². The van der Waals surface area contributed by atoms with Gasteiger partial charge in [-0.15, -0.1) is 0 Å². The summed E-state index contributed by atoms with van der Waals surface area (Å²) in [5, 5.41) is 0. The first-order valence-electron chi connectivity index (χ1n) is 9.31. The van der Waals surface area contributed by atoms with E-state index in [1.165, 1.54) is 6.08 Å². The first-order chi connectivity index (χ1) is 14.3. The molecule has 6 heteroatoms. The van der Waals surface area contributed by atoms with Crippen molar-refractivity contribution >= 4 is 18.2 Å². The van der Waals surface area contributed by atoms with Crippen molar-refractivity contribution in [3.8, 4) is 5.75 Å². The van der Waals surface area contributed by atoms with Crippen LogP contribution in [0, 0.1) is 6.92 Å². The third-order valence-electron chi connectivity index (χ3n) is 4.21. The zero-order valence-corrected chi connectivity index (χ0v) is 18.1. The number of rotatable bonds is 10. The van der Waals surface area contributed by atoms with Gasteiger partial charge in [0.25, 0.3) is 0 Å². The van der Waals surface area contributed by atoms with Crippen LogP contribution in [-0.2, 0) is 17.9 Å². The number of hydrogen-bond acceptors (Lipinski definition) is 4. The lowest BCUT2D eigenvalue weighted by molar-refractivity contribution is -0.104. The second-order valence-corrected chi connectivity index (χ2v) is 7.91. The zero-order valence-electron chi connectivity index (χ0n) is 17.3. The Morgan fingerprint density at radius 2 is 1.60 bits per heavy atom. The van der Waals surface area contributed by atoms with Crippen molar-refractivity contribution in [3.05, 3.63) is 100 Å². The number of aryl methyl sites for hydroxylation is 1. The van der Waals surface area contributed by atoms with Crippen molar-refractivity contribution in [2.24, 2.45) is 0 Å². The molecule has 2 aromatic carbocycles. The molecular formula is C24H25F2NO2S. The lowest BCUT2D eigenvalue weighted by atomic mass is 10.1. The number of methoxy groups -OCH3 is 1. The second kappa shape index (κ2) is 11.5. The highest BCUT2D eigenvalue weighted by Crippen LogP contribution is 2.34. The van der Waals surface area contributed by atoms with E-state index in [4.69, 9.17) is 4.74 Å². The van der Waals surface area contributed by atoms with E-state index in [-0.39, 0.29) is 10.5 Å². The van der Waals surface area contributed by atoms with Gasteiger partial charge in [-0.2, -0.15) is 0 Å². The van der Waals surface area contributed by atoms with Crippen LogP contribution in [0.25, 0.3) is 0 Å². The molecular weight excluding hydrogens is 404 g/mol. The summed E-state index contributed by atoms with van der Waals surface area (Å²) in [6.07, 6.45) is 1.77. The molecule has 0 aliphatic rings. The molecule has 0 atom stereocenters. The minimum Gasteiger partial charge on any atom is -0.497 e. The highest BCUT2D eigenvalue weighted by molar-refractivity contribution is 8.01. The van der Waals surface area contributed by atoms with E-state index >= 15 is 0 Å². The molecule has 0 spiro atoms. The van der Waals surface area contributed by atoms with E-state index in [1.54, 1.807) is 7.11 Å². The molecule has 158 valence electrons. The molecule has 0 bridgehead atoms. The molecule has 3 nitrogen and oxygen atoms in total. The molecule has 0 fully saturated rings. The van der Waals surface area contributed by atoms with Gasteiger partial charge in [-0.1, -0.05) is 48.5 Å². The smallest absolute Gasteiger partial charge is 0.169 e. The van der Waals surface area contributed by atoms with E-state index in [9.17, 15) is 13.6 Å². The van der Waals surface area contributed by atoms with Crippen LogP contribution in [0.4, 0.5) is 8.78 Å². The van der Waals surface area contributed by atoms with Gasteiger partial charge in [0.15, 0.2) is 5.83 Å². The highest BCUT2D eigenvalue weighted by Gasteiger charge is 2.17. The summed E-state index contributed by atoms with van der Waals surface area (Å²) in [6, 6.07) is 15.5. The SMILES string of the molecule is C=C(C=O)/C=C(SN(Cc1ccc(C)cc1)Cc1ccc(OC)cc1)\C(F)=C(/C)F. The maximum Gasteiger partial charge on any atom is 0.169 e. The third kappa shape index (κ3) is 7.28. The largest absolute Gasteiger partial charge is 0.497 e. The Labute approximate surface area is 180 Å². The molecule has 30 heavy (non-hydrogen) atoms. The van der Waals surface area contributed by atoms with Gasteiger partial charge < -0.3 is 4.74 Å². The summed E-state index contributed by atoms with van der Waals surface area (Å²) in [5.41, 5.74) is 3.20. The Kier molecular flexibility index (Phi) is 9.02. The van der Waals surface area contributed by atoms with Crippen molar-refractivity contribution < 1.29 is 18.3 Å². The Balaban J connectivity index is 2.34. The predicted octanol–water partition coefficient (Wildman–Crippen LogP) is 6.46. The monoisotopic (exact) mass is 429 g/mol. The van der Waals surface area contributed by atoms with Crippen LogP contribution < -0.4 is 4.74 Å². The number of ether oxygens (including phenoxy) is 1. The van der Waals surface area contributed by atoms with Gasteiger partial charge in [0, 0.05) is 18.7 Å². The van der Waals surface area contributed by atoms with Gasteiger partial charge in [0.05, 0.1) is 12.0 Å². The van der Waals surface area contributed by atoms with Gasteiger partial charge in [0.1, 0.15) is 17.9 Å². The van der Waals surface area contributed by atoms with Gasteiger partial charge in [-0.05, 0) is 55.1 Å². The van der Waals surface area contributed by atoms with Crippen LogP contribution in [0.1, 0.15) is 23.6 Å². The van der Waals surface area contributed by atoms with Crippen molar-refractivity contribution in [2.75, 3.05) is 7.11 Å². The number of benzene rings is 2. The average molecular weight is 430 g/mol. The van der Waals surface area contributed by atoms with Crippen molar-refractivity contribution in [1.29, 1.82) is 0 Å². The van der Waals surface area contributed by atoms with Crippen molar-refractivity contribution in [2.45, 2.75) is 26.9 Å². The van der Waals surface area contributed by atoms with E-state index in [1.807, 2.05) is 59.8 Å². The molecule has 2 aromatic rings. The maximum absolute atomic E-state index is 14.5. The van der Waals surface area contributed by atoms with Crippen LogP contribution in [0.3, 0.4) is 0 Å². The third-order valence-corrected chi connectivity index (χ3v) is 5.22. The number of carbonyl (C=O) groups excluding carboxylic acids is 1. The van der Waals surface area contributed by atoms with Crippen LogP contribution in [0.15, 0.2) is 83.3 Å². The Morgan fingerprint density at radius 3 is 2.07 bits per heavy atom. The standard InChI is InChI=1S/C24H25F2NO2S/c1-17-5-7-20(8-6-17)14-27(15-21-9-11-22(29-4)12-10-21)30-23(13-18(2)16-28)24(26)19(3)25/h5-13,16H,2,14-15H2,1,3-4H3/b23-13+,24-19-. The Hall–Kier alpha value is -2.70. The second-order valence-electron chi connectivity index (χ2n) is 6.77. The number of nitrogens with zero attached hydrogens (tertiary/aromatic N) is 1. The lowest BCUT2D eigenvalue weighted by Crippen LogP contribution is -2.15. The molecule has 0 heterocycles. The predicted molar refractivity (Wildman–Crippen MR) is 119 cm³/mol. The number of carbonyl (C=O) groups is 1. The fraction of sp³-hybridized carbons (Fsp3) is 0.208. The first kappa shape index (κ1) is 23.6. The molecule has 0 unspecified atom stereocenters. The van der Waals surface area contributed by atoms with Crippen LogP contribution in [0.5, 0.6) is 5.75 Å². The highest BCUT2D eigenvalue weighted by atomic mass is 32.2. The van der Waals surface area contributed by atoms with Crippen LogP contribution in [0.2, 0.25) is 0 Å². The Bertz CT molecular complexity index is 931.